The van der Waals surface area contributed by atoms with Crippen molar-refractivity contribution in [2.45, 2.75) is 12.5 Å². The minimum atomic E-state index is -0.613. The molecule has 2 aromatic heterocycles. The van der Waals surface area contributed by atoms with Gasteiger partial charge in [0.1, 0.15) is 5.82 Å². The van der Waals surface area contributed by atoms with Crippen molar-refractivity contribution in [1.82, 2.24) is 15.2 Å². The Morgan fingerprint density at radius 2 is 2.20 bits per heavy atom. The number of aromatic amines is 2. The lowest BCUT2D eigenvalue weighted by Gasteiger charge is -2.10. The van der Waals surface area contributed by atoms with Gasteiger partial charge in [0.15, 0.2) is 0 Å². The number of nitrogens with one attached hydrogen (secondary N) is 3. The quantitative estimate of drug-likeness (QED) is 0.576. The van der Waals surface area contributed by atoms with Crippen molar-refractivity contribution in [2.75, 3.05) is 5.32 Å². The number of hydrogen-bond acceptors (Lipinski definition) is 3. The molecule has 0 bridgehead atoms. The van der Waals surface area contributed by atoms with Crippen LogP contribution < -0.4 is 11.1 Å². The van der Waals surface area contributed by atoms with E-state index in [9.17, 15) is 4.79 Å². The van der Waals surface area contributed by atoms with Crippen molar-refractivity contribution in [3.05, 3.63) is 48.3 Å². The first-order valence-corrected chi connectivity index (χ1v) is 6.35. The number of carbonyl (C=O) groups excluding carboxylic acids is 1. The summed E-state index contributed by atoms with van der Waals surface area (Å²) >= 11 is 0. The van der Waals surface area contributed by atoms with Gasteiger partial charge in [0.25, 0.3) is 0 Å². The monoisotopic (exact) mass is 269 g/mol. The Labute approximate surface area is 115 Å². The lowest BCUT2D eigenvalue weighted by molar-refractivity contribution is -0.117. The van der Waals surface area contributed by atoms with Crippen molar-refractivity contribution in [3.63, 3.8) is 0 Å². The van der Waals surface area contributed by atoms with Gasteiger partial charge in [0, 0.05) is 23.2 Å². The Morgan fingerprint density at radius 3 is 3.00 bits per heavy atom. The highest BCUT2D eigenvalue weighted by Gasteiger charge is 2.16. The molecule has 6 nitrogen and oxygen atoms in total. The highest BCUT2D eigenvalue weighted by atomic mass is 16.2. The molecule has 2 heterocycles. The van der Waals surface area contributed by atoms with Gasteiger partial charge in [-0.05, 0) is 18.1 Å². The normalized spacial score (nSPS) is 12.4. The summed E-state index contributed by atoms with van der Waals surface area (Å²) in [4.78, 5) is 15.2. The van der Waals surface area contributed by atoms with Crippen molar-refractivity contribution in [1.29, 1.82) is 0 Å². The van der Waals surface area contributed by atoms with Crippen molar-refractivity contribution >= 4 is 22.6 Å². The first kappa shape index (κ1) is 12.4. The number of benzene rings is 1. The zero-order chi connectivity index (χ0) is 13.9. The maximum Gasteiger partial charge on any atom is 0.242 e. The van der Waals surface area contributed by atoms with E-state index in [1.54, 1.807) is 12.3 Å². The average molecular weight is 269 g/mol. The van der Waals surface area contributed by atoms with Crippen molar-refractivity contribution in [3.8, 4) is 0 Å². The van der Waals surface area contributed by atoms with Gasteiger partial charge in [0.05, 0.1) is 12.2 Å². The largest absolute Gasteiger partial charge is 0.361 e. The number of carbonyl (C=O) groups is 1. The molecule has 0 spiro atoms. The Hall–Kier alpha value is -2.60. The fourth-order valence-electron chi connectivity index (χ4n) is 2.18. The molecule has 0 aliphatic carbocycles. The fourth-order valence-corrected chi connectivity index (χ4v) is 2.18. The number of hydrogen-bond donors (Lipinski definition) is 4. The second kappa shape index (κ2) is 5.18. The van der Waals surface area contributed by atoms with E-state index < -0.39 is 6.04 Å². The summed E-state index contributed by atoms with van der Waals surface area (Å²) in [6.45, 7) is 0. The highest BCUT2D eigenvalue weighted by Crippen LogP contribution is 2.18. The van der Waals surface area contributed by atoms with Gasteiger partial charge in [0.2, 0.25) is 5.91 Å². The predicted octanol–water partition coefficient (Wildman–Crippen LogP) is 1.40. The molecular formula is C14H15N5O. The maximum atomic E-state index is 12.0. The van der Waals surface area contributed by atoms with Crippen LogP contribution in [0.5, 0.6) is 0 Å². The van der Waals surface area contributed by atoms with Gasteiger partial charge < -0.3 is 16.0 Å². The molecule has 0 fully saturated rings. The van der Waals surface area contributed by atoms with Gasteiger partial charge in [-0.3, -0.25) is 9.89 Å². The van der Waals surface area contributed by atoms with Crippen LogP contribution >= 0.6 is 0 Å². The zero-order valence-corrected chi connectivity index (χ0v) is 10.8. The van der Waals surface area contributed by atoms with Gasteiger partial charge in [-0.1, -0.05) is 18.2 Å². The number of para-hydroxylation sites is 1. The number of rotatable bonds is 4. The number of fused-ring (bicyclic) bond motifs is 1. The molecule has 0 radical (unpaired) electrons. The van der Waals surface area contributed by atoms with Crippen LogP contribution in [0.2, 0.25) is 0 Å². The molecule has 102 valence electrons. The molecule has 1 aromatic carbocycles. The summed E-state index contributed by atoms with van der Waals surface area (Å²) in [7, 11) is 0. The molecule has 1 amide bonds. The van der Waals surface area contributed by atoms with E-state index in [1.807, 2.05) is 30.5 Å². The van der Waals surface area contributed by atoms with Crippen LogP contribution in [0.3, 0.4) is 0 Å². The molecule has 20 heavy (non-hydrogen) atoms. The molecule has 6 heteroatoms. The smallest absolute Gasteiger partial charge is 0.242 e. The van der Waals surface area contributed by atoms with Gasteiger partial charge in [-0.25, -0.2) is 0 Å². The van der Waals surface area contributed by atoms with E-state index in [4.69, 9.17) is 5.73 Å². The molecule has 0 aliphatic heterocycles. The lowest BCUT2D eigenvalue weighted by atomic mass is 10.1. The second-order valence-electron chi connectivity index (χ2n) is 4.63. The van der Waals surface area contributed by atoms with Crippen LogP contribution in [0.15, 0.2) is 42.7 Å². The summed E-state index contributed by atoms with van der Waals surface area (Å²) in [6, 6.07) is 9.01. The maximum absolute atomic E-state index is 12.0. The first-order valence-electron chi connectivity index (χ1n) is 6.35. The van der Waals surface area contributed by atoms with E-state index in [-0.39, 0.29) is 5.91 Å². The summed E-state index contributed by atoms with van der Waals surface area (Å²) in [5, 5.41) is 10.2. The van der Waals surface area contributed by atoms with E-state index in [0.717, 1.165) is 16.5 Å². The Kier molecular flexibility index (Phi) is 3.22. The van der Waals surface area contributed by atoms with Crippen molar-refractivity contribution < 1.29 is 4.79 Å². The molecule has 3 aromatic rings. The Balaban J connectivity index is 1.72. The third kappa shape index (κ3) is 2.41. The molecule has 0 unspecified atom stereocenters. The minimum absolute atomic E-state index is 0.237. The van der Waals surface area contributed by atoms with Crippen LogP contribution in [-0.4, -0.2) is 27.1 Å². The summed E-state index contributed by atoms with van der Waals surface area (Å²) in [5.41, 5.74) is 8.04. The van der Waals surface area contributed by atoms with Gasteiger partial charge in [-0.2, -0.15) is 5.10 Å². The van der Waals surface area contributed by atoms with Gasteiger partial charge in [-0.15, -0.1) is 0 Å². The summed E-state index contributed by atoms with van der Waals surface area (Å²) in [5.74, 6) is 0.309. The van der Waals surface area contributed by atoms with Gasteiger partial charge >= 0.3 is 0 Å². The topological polar surface area (TPSA) is 99.6 Å². The minimum Gasteiger partial charge on any atom is -0.361 e. The second-order valence-corrected chi connectivity index (χ2v) is 4.63. The molecule has 3 rings (SSSR count). The number of amides is 1. The molecular weight excluding hydrogens is 254 g/mol. The van der Waals surface area contributed by atoms with Crippen LogP contribution in [0.4, 0.5) is 5.82 Å². The number of H-pyrrole nitrogens is 2. The number of aromatic nitrogens is 3. The van der Waals surface area contributed by atoms with E-state index in [1.165, 1.54) is 0 Å². The van der Waals surface area contributed by atoms with E-state index in [2.05, 4.69) is 20.5 Å². The zero-order valence-electron chi connectivity index (χ0n) is 10.8. The molecule has 5 N–H and O–H groups in total. The fraction of sp³-hybridized carbons (Fsp3) is 0.143. The SMILES string of the molecule is N[C@H](Cc1c[nH]c2ccccc12)C(=O)Nc1ccn[nH]1. The number of nitrogens with two attached hydrogens (primary N) is 1. The van der Waals surface area contributed by atoms with Crippen LogP contribution in [0, 0.1) is 0 Å². The molecule has 0 saturated heterocycles. The van der Waals surface area contributed by atoms with Crippen LogP contribution in [-0.2, 0) is 11.2 Å². The van der Waals surface area contributed by atoms with Crippen LogP contribution in [0.25, 0.3) is 10.9 Å². The third-order valence-corrected chi connectivity index (χ3v) is 3.21. The first-order chi connectivity index (χ1) is 9.74. The molecule has 0 saturated carbocycles. The summed E-state index contributed by atoms with van der Waals surface area (Å²) in [6.07, 6.45) is 3.94. The number of nitrogens with zero attached hydrogens (tertiary/aromatic N) is 1. The van der Waals surface area contributed by atoms with Crippen molar-refractivity contribution in [2.24, 2.45) is 5.73 Å². The lowest BCUT2D eigenvalue weighted by Crippen LogP contribution is -2.37. The molecule has 0 aliphatic rings. The third-order valence-electron chi connectivity index (χ3n) is 3.21. The summed E-state index contributed by atoms with van der Waals surface area (Å²) < 4.78 is 0. The molecule has 1 atom stereocenters. The standard InChI is InChI=1S/C14H15N5O/c15-11(14(20)18-13-5-6-17-19-13)7-9-8-16-12-4-2-1-3-10(9)12/h1-6,8,11,16H,7,15H2,(H2,17,18,19,20)/t11-/m1/s1. The Morgan fingerprint density at radius 1 is 1.35 bits per heavy atom. The van der Waals surface area contributed by atoms with E-state index >= 15 is 0 Å². The average Bonchev–Trinajstić information content (AvgIpc) is 3.09. The van der Waals surface area contributed by atoms with E-state index in [0.29, 0.717) is 12.2 Å². The highest BCUT2D eigenvalue weighted by molar-refractivity contribution is 5.94. The van der Waals surface area contributed by atoms with Crippen LogP contribution in [0.1, 0.15) is 5.56 Å². The Bertz CT molecular complexity index is 716. The predicted molar refractivity (Wildman–Crippen MR) is 77.2 cm³/mol. The number of anilines is 1.